The van der Waals surface area contributed by atoms with Crippen molar-refractivity contribution >= 4 is 19.3 Å². The predicted octanol–water partition coefficient (Wildman–Crippen LogP) is 4.93. The van der Waals surface area contributed by atoms with Crippen LogP contribution in [0.2, 0.25) is 0 Å². The Balaban J connectivity index is 3.04. The largest absolute Gasteiger partial charge is 0.277 e. The molecule has 0 fully saturated rings. The van der Waals surface area contributed by atoms with Gasteiger partial charge >= 0.3 is 0 Å². The molecule has 1 nitrogen and oxygen atoms in total. The molecule has 1 atom stereocenters. The van der Waals surface area contributed by atoms with E-state index in [-0.39, 0.29) is 0 Å². The van der Waals surface area contributed by atoms with Gasteiger partial charge in [-0.1, -0.05) is 52.9 Å². The van der Waals surface area contributed by atoms with Gasteiger partial charge in [0.15, 0.2) is 0 Å². The third-order valence-corrected chi connectivity index (χ3v) is 5.84. The van der Waals surface area contributed by atoms with Crippen molar-refractivity contribution in [3.05, 3.63) is 0 Å². The third-order valence-electron chi connectivity index (χ3n) is 2.56. The molecular formula is C12H28NPS. The number of hydrogen-bond donors (Lipinski definition) is 0. The van der Waals surface area contributed by atoms with E-state index in [0.717, 1.165) is 7.93 Å². The van der Waals surface area contributed by atoms with Gasteiger partial charge < -0.3 is 0 Å². The molecule has 0 bridgehead atoms. The lowest BCUT2D eigenvalue weighted by molar-refractivity contribution is 0.522. The van der Waals surface area contributed by atoms with Gasteiger partial charge in [-0.15, -0.1) is 11.4 Å². The fraction of sp³-hybridized carbons (Fsp3) is 1.00. The van der Waals surface area contributed by atoms with Gasteiger partial charge in [0.25, 0.3) is 0 Å². The molecule has 0 aromatic rings. The topological polar surface area (TPSA) is 3.24 Å². The first kappa shape index (κ1) is 15.7. The lowest BCUT2D eigenvalue weighted by Crippen LogP contribution is -2.10. The highest BCUT2D eigenvalue weighted by atomic mass is 32.7. The monoisotopic (exact) mass is 249 g/mol. The summed E-state index contributed by atoms with van der Waals surface area (Å²) in [4.78, 5) is 0. The lowest BCUT2D eigenvalue weighted by Gasteiger charge is -2.16. The Hall–Kier alpha value is 0.740. The van der Waals surface area contributed by atoms with E-state index in [1.165, 1.54) is 57.4 Å². The molecule has 0 aliphatic rings. The summed E-state index contributed by atoms with van der Waals surface area (Å²) in [5, 5.41) is 0. The smallest absolute Gasteiger partial charge is 0.01000 e. The Morgan fingerprint density at radius 3 is 2.07 bits per heavy atom. The maximum atomic E-state index is 2.52. The molecule has 0 radical (unpaired) electrons. The summed E-state index contributed by atoms with van der Waals surface area (Å²) in [5.74, 6) is 1.36. The zero-order valence-electron chi connectivity index (χ0n) is 10.7. The van der Waals surface area contributed by atoms with E-state index >= 15 is 0 Å². The lowest BCUT2D eigenvalue weighted by atomic mass is 10.1. The van der Waals surface area contributed by atoms with E-state index in [1.54, 1.807) is 0 Å². The van der Waals surface area contributed by atoms with Gasteiger partial charge in [-0.2, -0.15) is 0 Å². The van der Waals surface area contributed by atoms with Crippen LogP contribution in [-0.4, -0.2) is 23.5 Å². The average Bonchev–Trinajstić information content (AvgIpc) is 2.27. The Kier molecular flexibility index (Phi) is 13.4. The molecule has 1 unspecified atom stereocenters. The number of hydrogen-bond acceptors (Lipinski definition) is 2. The molecule has 0 aromatic heterocycles. The van der Waals surface area contributed by atoms with E-state index in [9.17, 15) is 0 Å². The molecule has 3 heteroatoms. The van der Waals surface area contributed by atoms with Gasteiger partial charge in [0.2, 0.25) is 0 Å². The molecule has 0 aromatic carbocycles. The molecule has 0 spiro atoms. The van der Waals surface area contributed by atoms with Gasteiger partial charge in [-0.3, -0.25) is 4.67 Å². The van der Waals surface area contributed by atoms with Crippen LogP contribution in [0, 0.1) is 0 Å². The minimum Gasteiger partial charge on any atom is -0.277 e. The second kappa shape index (κ2) is 12.8. The quantitative estimate of drug-likeness (QED) is 0.377. The van der Waals surface area contributed by atoms with Crippen molar-refractivity contribution in [2.45, 2.75) is 59.3 Å². The third kappa shape index (κ3) is 11.0. The van der Waals surface area contributed by atoms with E-state index in [2.05, 4.69) is 36.8 Å². The van der Waals surface area contributed by atoms with Crippen molar-refractivity contribution in [3.8, 4) is 0 Å². The van der Waals surface area contributed by atoms with Gasteiger partial charge in [-0.25, -0.2) is 0 Å². The fourth-order valence-corrected chi connectivity index (χ4v) is 4.35. The van der Waals surface area contributed by atoms with Crippen molar-refractivity contribution in [1.29, 1.82) is 0 Å². The predicted molar refractivity (Wildman–Crippen MR) is 77.1 cm³/mol. The summed E-state index contributed by atoms with van der Waals surface area (Å²) in [7, 11) is 0.986. The number of nitrogens with zero attached hydrogens (tertiary/aromatic N) is 1. The fourth-order valence-electron chi connectivity index (χ4n) is 1.44. The normalized spacial score (nSPS) is 12.0. The molecule has 0 saturated heterocycles. The molecule has 92 valence electrons. The second-order valence-electron chi connectivity index (χ2n) is 3.88. The minimum atomic E-state index is 0.986. The van der Waals surface area contributed by atoms with E-state index in [0.29, 0.717) is 0 Å². The van der Waals surface area contributed by atoms with Gasteiger partial charge in [0.05, 0.1) is 0 Å². The number of unbranched alkanes of at least 4 members (excludes halogenated alkanes) is 5. The van der Waals surface area contributed by atoms with Crippen LogP contribution in [0.25, 0.3) is 0 Å². The van der Waals surface area contributed by atoms with Crippen LogP contribution < -0.4 is 0 Å². The van der Waals surface area contributed by atoms with E-state index in [4.69, 9.17) is 0 Å². The zero-order valence-corrected chi connectivity index (χ0v) is 12.5. The van der Waals surface area contributed by atoms with Crippen molar-refractivity contribution in [2.24, 2.45) is 0 Å². The maximum Gasteiger partial charge on any atom is 0.01000 e. The van der Waals surface area contributed by atoms with Gasteiger partial charge in [0, 0.05) is 7.93 Å². The Morgan fingerprint density at radius 2 is 1.47 bits per heavy atom. The van der Waals surface area contributed by atoms with Crippen LogP contribution >= 0.6 is 19.3 Å². The standard InChI is InChI=1S/C12H28NPS/c1-4-7-8-9-10-11-12-15-14-13(5-2)6-3/h14H,4-12H2,1-3H3. The first-order valence-corrected chi connectivity index (χ1v) is 9.13. The van der Waals surface area contributed by atoms with E-state index < -0.39 is 0 Å². The molecule has 0 saturated carbocycles. The van der Waals surface area contributed by atoms with Gasteiger partial charge in [-0.05, 0) is 25.3 Å². The Bertz CT molecular complexity index is 118. The summed E-state index contributed by atoms with van der Waals surface area (Å²) < 4.78 is 2.52. The Morgan fingerprint density at radius 1 is 0.867 bits per heavy atom. The molecule has 0 amide bonds. The second-order valence-corrected chi connectivity index (χ2v) is 6.81. The van der Waals surface area contributed by atoms with Gasteiger partial charge in [0.1, 0.15) is 0 Å². The minimum absolute atomic E-state index is 0.986. The SMILES string of the molecule is CCCCCCCCSPN(CC)CC. The average molecular weight is 249 g/mol. The summed E-state index contributed by atoms with van der Waals surface area (Å²) in [5.41, 5.74) is 0. The maximum absolute atomic E-state index is 2.52. The summed E-state index contributed by atoms with van der Waals surface area (Å²) >= 11 is 2.13. The molecule has 0 aliphatic carbocycles. The van der Waals surface area contributed by atoms with Crippen molar-refractivity contribution < 1.29 is 0 Å². The first-order chi connectivity index (χ1) is 7.35. The van der Waals surface area contributed by atoms with Crippen molar-refractivity contribution in [3.63, 3.8) is 0 Å². The molecule has 15 heavy (non-hydrogen) atoms. The van der Waals surface area contributed by atoms with Crippen LogP contribution in [0.3, 0.4) is 0 Å². The summed E-state index contributed by atoms with van der Waals surface area (Å²) in [6.45, 7) is 9.20. The van der Waals surface area contributed by atoms with Crippen LogP contribution in [0.4, 0.5) is 0 Å². The highest BCUT2D eigenvalue weighted by Gasteiger charge is 1.98. The summed E-state index contributed by atoms with van der Waals surface area (Å²) in [6.07, 6.45) is 8.53. The first-order valence-electron chi connectivity index (χ1n) is 6.47. The zero-order chi connectivity index (χ0) is 11.4. The van der Waals surface area contributed by atoms with Crippen molar-refractivity contribution in [1.82, 2.24) is 4.67 Å². The molecule has 0 heterocycles. The van der Waals surface area contributed by atoms with Crippen LogP contribution in [0.5, 0.6) is 0 Å². The molecule has 0 N–H and O–H groups in total. The van der Waals surface area contributed by atoms with E-state index in [1.807, 2.05) is 0 Å². The molecule has 0 aliphatic heterocycles. The van der Waals surface area contributed by atoms with Crippen molar-refractivity contribution in [2.75, 3.05) is 18.8 Å². The van der Waals surface area contributed by atoms with Crippen LogP contribution in [0.15, 0.2) is 0 Å². The molecule has 0 rings (SSSR count). The highest BCUT2D eigenvalue weighted by Crippen LogP contribution is 2.33. The highest BCUT2D eigenvalue weighted by molar-refractivity contribution is 8.48. The molecular weight excluding hydrogens is 221 g/mol. The van der Waals surface area contributed by atoms with Crippen LogP contribution in [-0.2, 0) is 0 Å². The number of rotatable bonds is 11. The summed E-state index contributed by atoms with van der Waals surface area (Å²) in [6, 6.07) is 0. The van der Waals surface area contributed by atoms with Crippen LogP contribution in [0.1, 0.15) is 59.3 Å². The Labute approximate surface area is 102 Å².